The van der Waals surface area contributed by atoms with Crippen LogP contribution in [-0.2, 0) is 5.33 Å². The van der Waals surface area contributed by atoms with Crippen molar-refractivity contribution in [1.82, 2.24) is 9.55 Å². The average Bonchev–Trinajstić information content (AvgIpc) is 2.49. The van der Waals surface area contributed by atoms with E-state index in [1.807, 2.05) is 52.0 Å². The van der Waals surface area contributed by atoms with Crippen LogP contribution in [0.1, 0.15) is 32.0 Å². The van der Waals surface area contributed by atoms with Crippen molar-refractivity contribution in [2.45, 2.75) is 33.0 Å². The smallest absolute Gasteiger partial charge is 0.265 e. The van der Waals surface area contributed by atoms with Crippen molar-refractivity contribution in [3.05, 3.63) is 57.7 Å². The van der Waals surface area contributed by atoms with Gasteiger partial charge in [-0.3, -0.25) is 14.3 Å². The van der Waals surface area contributed by atoms with E-state index in [0.717, 1.165) is 28.0 Å². The third-order valence-electron chi connectivity index (χ3n) is 3.68. The van der Waals surface area contributed by atoms with Crippen LogP contribution in [0.5, 0.6) is 0 Å². The second kappa shape index (κ2) is 6.39. The summed E-state index contributed by atoms with van der Waals surface area (Å²) in [6, 6.07) is 3.85. The van der Waals surface area contributed by atoms with Crippen molar-refractivity contribution in [1.29, 1.82) is 0 Å². The van der Waals surface area contributed by atoms with Crippen LogP contribution >= 0.6 is 15.9 Å². The topological polar surface area (TPSA) is 34.9 Å². The molecule has 0 aliphatic heterocycles. The highest BCUT2D eigenvalue weighted by Crippen LogP contribution is 2.21. The fraction of sp³-hybridized carbons (Fsp3) is 0.294. The van der Waals surface area contributed by atoms with Gasteiger partial charge in [-0.05, 0) is 51.0 Å². The summed E-state index contributed by atoms with van der Waals surface area (Å²) in [7, 11) is 0. The summed E-state index contributed by atoms with van der Waals surface area (Å²) in [5.74, 6) is 0. The second-order valence-electron chi connectivity index (χ2n) is 4.94. The number of allylic oxidation sites excluding steroid dienone is 4. The molecule has 0 fully saturated rings. The molecule has 21 heavy (non-hydrogen) atoms. The number of hydrogen-bond acceptors (Lipinski definition) is 2. The van der Waals surface area contributed by atoms with E-state index in [4.69, 9.17) is 0 Å². The maximum atomic E-state index is 13.0. The molecule has 0 radical (unpaired) electrons. The van der Waals surface area contributed by atoms with E-state index in [1.54, 1.807) is 10.8 Å². The van der Waals surface area contributed by atoms with Gasteiger partial charge in [0, 0.05) is 22.9 Å². The summed E-state index contributed by atoms with van der Waals surface area (Å²) in [4.78, 5) is 17.3. The lowest BCUT2D eigenvalue weighted by atomic mass is 10.1. The van der Waals surface area contributed by atoms with Gasteiger partial charge in [0.15, 0.2) is 0 Å². The third-order valence-corrected chi connectivity index (χ3v) is 4.26. The summed E-state index contributed by atoms with van der Waals surface area (Å²) in [5, 5.41) is 1.28. The van der Waals surface area contributed by atoms with Gasteiger partial charge in [-0.15, -0.1) is 0 Å². The van der Waals surface area contributed by atoms with Crippen molar-refractivity contribution in [3.8, 4) is 0 Å². The Hall–Kier alpha value is -1.68. The van der Waals surface area contributed by atoms with E-state index in [2.05, 4.69) is 20.9 Å². The molecule has 110 valence electrons. The zero-order valence-electron chi connectivity index (χ0n) is 12.8. The Morgan fingerprint density at radius 2 is 2.10 bits per heavy atom. The van der Waals surface area contributed by atoms with Gasteiger partial charge in [0.2, 0.25) is 0 Å². The monoisotopic (exact) mass is 346 g/mol. The minimum atomic E-state index is -0.0122. The number of aromatic nitrogens is 2. The number of nitrogens with zero attached hydrogens (tertiary/aromatic N) is 2. The zero-order valence-corrected chi connectivity index (χ0v) is 14.4. The van der Waals surface area contributed by atoms with Crippen LogP contribution in [0.25, 0.3) is 16.6 Å². The maximum Gasteiger partial charge on any atom is 0.265 e. The third kappa shape index (κ3) is 2.72. The van der Waals surface area contributed by atoms with Gasteiger partial charge >= 0.3 is 0 Å². The van der Waals surface area contributed by atoms with Crippen LogP contribution in [-0.4, -0.2) is 9.55 Å². The number of aryl methyl sites for hydroxylation is 1. The molecule has 3 nitrogen and oxygen atoms in total. The maximum absolute atomic E-state index is 13.0. The van der Waals surface area contributed by atoms with E-state index in [9.17, 15) is 4.79 Å². The van der Waals surface area contributed by atoms with Crippen molar-refractivity contribution < 1.29 is 0 Å². The van der Waals surface area contributed by atoms with E-state index < -0.39 is 0 Å². The largest absolute Gasteiger partial charge is 0.280 e. The second-order valence-corrected chi connectivity index (χ2v) is 5.50. The molecule has 0 aromatic carbocycles. The van der Waals surface area contributed by atoms with Crippen LogP contribution < -0.4 is 5.56 Å². The van der Waals surface area contributed by atoms with Crippen LogP contribution in [0.2, 0.25) is 0 Å². The Bertz CT molecular complexity index is 800. The van der Waals surface area contributed by atoms with Gasteiger partial charge in [-0.2, -0.15) is 0 Å². The fourth-order valence-corrected chi connectivity index (χ4v) is 2.89. The molecule has 2 aromatic heterocycles. The fourth-order valence-electron chi connectivity index (χ4n) is 2.47. The quantitative estimate of drug-likeness (QED) is 0.608. The van der Waals surface area contributed by atoms with Crippen molar-refractivity contribution in [2.24, 2.45) is 0 Å². The summed E-state index contributed by atoms with van der Waals surface area (Å²) < 4.78 is 1.78. The molecule has 2 heterocycles. The lowest BCUT2D eigenvalue weighted by Gasteiger charge is -2.17. The highest BCUT2D eigenvalue weighted by molar-refractivity contribution is 9.08. The normalized spacial score (nSPS) is 13.0. The molecular formula is C17H19BrN2O. The molecule has 0 saturated carbocycles. The Morgan fingerprint density at radius 3 is 2.67 bits per heavy atom. The number of alkyl halides is 1. The molecule has 0 saturated heterocycles. The average molecular weight is 347 g/mol. The molecule has 0 unspecified atom stereocenters. The highest BCUT2D eigenvalue weighted by atomic mass is 79.9. The van der Waals surface area contributed by atoms with Gasteiger partial charge in [0.1, 0.15) is 0 Å². The summed E-state index contributed by atoms with van der Waals surface area (Å²) >= 11 is 3.48. The number of fused-ring (bicyclic) bond motifs is 1. The first-order valence-electron chi connectivity index (χ1n) is 6.91. The summed E-state index contributed by atoms with van der Waals surface area (Å²) in [6.45, 7) is 7.89. The molecule has 0 aliphatic rings. The van der Waals surface area contributed by atoms with Gasteiger partial charge in [0.25, 0.3) is 5.56 Å². The van der Waals surface area contributed by atoms with Gasteiger partial charge in [-0.25, -0.2) is 0 Å². The van der Waals surface area contributed by atoms with Crippen molar-refractivity contribution >= 4 is 32.5 Å². The minimum absolute atomic E-state index is 0.0122. The zero-order chi connectivity index (χ0) is 15.6. The van der Waals surface area contributed by atoms with E-state index in [0.29, 0.717) is 10.7 Å². The lowest BCUT2D eigenvalue weighted by Crippen LogP contribution is -2.24. The number of halogens is 1. The first-order chi connectivity index (χ1) is 10.0. The summed E-state index contributed by atoms with van der Waals surface area (Å²) in [6.07, 6.45) is 5.73. The Morgan fingerprint density at radius 1 is 1.38 bits per heavy atom. The van der Waals surface area contributed by atoms with Crippen LogP contribution in [0, 0.1) is 6.92 Å². The predicted molar refractivity (Wildman–Crippen MR) is 92.7 cm³/mol. The van der Waals surface area contributed by atoms with Crippen LogP contribution in [0.4, 0.5) is 0 Å². The van der Waals surface area contributed by atoms with E-state index >= 15 is 0 Å². The molecule has 0 aliphatic carbocycles. The molecule has 0 atom stereocenters. The predicted octanol–water partition coefficient (Wildman–Crippen LogP) is 4.43. The molecule has 2 rings (SSSR count). The molecule has 0 bridgehead atoms. The molecule has 0 amide bonds. The van der Waals surface area contributed by atoms with E-state index in [-0.39, 0.29) is 5.56 Å². The minimum Gasteiger partial charge on any atom is -0.280 e. The molecule has 4 heteroatoms. The van der Waals surface area contributed by atoms with Gasteiger partial charge in [0.05, 0.1) is 10.9 Å². The van der Waals surface area contributed by atoms with Crippen molar-refractivity contribution in [3.63, 3.8) is 0 Å². The van der Waals surface area contributed by atoms with Crippen LogP contribution in [0.3, 0.4) is 0 Å². The van der Waals surface area contributed by atoms with Crippen molar-refractivity contribution in [2.75, 3.05) is 0 Å². The van der Waals surface area contributed by atoms with E-state index in [1.165, 1.54) is 0 Å². The number of rotatable bonds is 3. The number of pyridine rings is 2. The number of hydrogen-bond donors (Lipinski definition) is 0. The van der Waals surface area contributed by atoms with Gasteiger partial charge in [-0.1, -0.05) is 28.1 Å². The highest BCUT2D eigenvalue weighted by Gasteiger charge is 2.14. The van der Waals surface area contributed by atoms with Crippen LogP contribution in [0.15, 0.2) is 40.8 Å². The standard InChI is InChI=1S/C17H19BrN2O/c1-5-11(3)15(6-2)20-13(10-18)9-14-16(17(20)21)12(4)7-8-19-14/h5-9H,10H2,1-4H3/b11-5-,15-6+. The molecular weight excluding hydrogens is 328 g/mol. The Kier molecular flexibility index (Phi) is 4.78. The molecule has 0 spiro atoms. The first-order valence-corrected chi connectivity index (χ1v) is 8.03. The summed E-state index contributed by atoms with van der Waals surface area (Å²) in [5.41, 5.74) is 4.58. The Balaban J connectivity index is 2.95. The lowest BCUT2D eigenvalue weighted by molar-refractivity contribution is 0.956. The Labute approximate surface area is 133 Å². The first kappa shape index (κ1) is 15.7. The van der Waals surface area contributed by atoms with Gasteiger partial charge < -0.3 is 0 Å². The molecule has 0 N–H and O–H groups in total. The SMILES string of the molecule is C/C=C(C)\C(=C/C)n1c(CBr)cc2nccc(C)c2c1=O. The molecule has 2 aromatic rings.